The lowest BCUT2D eigenvalue weighted by molar-refractivity contribution is -0.0629. The van der Waals surface area contributed by atoms with E-state index in [0.29, 0.717) is 12.7 Å². The number of carbonyl (C=O) groups is 1. The van der Waals surface area contributed by atoms with Crippen LogP contribution in [-0.4, -0.2) is 35.5 Å². The third-order valence-corrected chi connectivity index (χ3v) is 7.65. The molecule has 3 aromatic carbocycles. The van der Waals surface area contributed by atoms with E-state index < -0.39 is 0 Å². The second-order valence-electron chi connectivity index (χ2n) is 9.73. The zero-order chi connectivity index (χ0) is 23.1. The molecule has 34 heavy (non-hydrogen) atoms. The Balaban J connectivity index is 1.24. The quantitative estimate of drug-likeness (QED) is 0.559. The Labute approximate surface area is 201 Å². The molecule has 1 amide bonds. The molecule has 0 aromatic heterocycles. The molecule has 0 bridgehead atoms. The molecule has 1 saturated heterocycles. The minimum absolute atomic E-state index is 0.0598. The van der Waals surface area contributed by atoms with Gasteiger partial charge < -0.3 is 15.5 Å². The molecule has 2 atom stereocenters. The van der Waals surface area contributed by atoms with Gasteiger partial charge in [0.15, 0.2) is 0 Å². The Kier molecular flexibility index (Phi) is 5.15. The van der Waals surface area contributed by atoms with Crippen molar-refractivity contribution in [3.63, 3.8) is 0 Å². The first-order valence-corrected chi connectivity index (χ1v) is 12.1. The zero-order valence-electron chi connectivity index (χ0n) is 19.5. The molecule has 1 spiro atoms. The van der Waals surface area contributed by atoms with E-state index in [0.717, 1.165) is 43.0 Å². The van der Waals surface area contributed by atoms with E-state index >= 15 is 0 Å². The number of rotatable bonds is 4. The summed E-state index contributed by atoms with van der Waals surface area (Å²) in [5.41, 5.74) is 6.91. The fourth-order valence-electron chi connectivity index (χ4n) is 5.77. The van der Waals surface area contributed by atoms with E-state index in [1.807, 2.05) is 29.3 Å². The van der Waals surface area contributed by atoms with Gasteiger partial charge in [-0.3, -0.25) is 9.69 Å². The van der Waals surface area contributed by atoms with Crippen LogP contribution in [0.15, 0.2) is 85.1 Å². The van der Waals surface area contributed by atoms with Crippen molar-refractivity contribution < 1.29 is 4.79 Å². The van der Waals surface area contributed by atoms with Crippen LogP contribution in [0.5, 0.6) is 0 Å². The molecule has 6 rings (SSSR count). The molecule has 172 valence electrons. The number of fused-ring (bicyclic) bond motifs is 1. The van der Waals surface area contributed by atoms with Crippen LogP contribution in [0, 0.1) is 12.3 Å². The van der Waals surface area contributed by atoms with Gasteiger partial charge in [0.1, 0.15) is 0 Å². The van der Waals surface area contributed by atoms with Crippen LogP contribution in [0.25, 0.3) is 0 Å². The largest absolute Gasteiger partial charge is 0.366 e. The molecule has 5 nitrogen and oxygen atoms in total. The SMILES string of the molecule is Cc1ccccc1CN1CC2(C=CN(C(=O)c3ccc4c(c3)NCN4)CC2)C1c1ccccc1. The molecule has 2 N–H and O–H groups in total. The monoisotopic (exact) mass is 450 g/mol. The van der Waals surface area contributed by atoms with Crippen LogP contribution in [0.2, 0.25) is 0 Å². The van der Waals surface area contributed by atoms with Crippen molar-refractivity contribution in [1.82, 2.24) is 9.80 Å². The summed E-state index contributed by atoms with van der Waals surface area (Å²) in [6.45, 7) is 5.59. The number of benzene rings is 3. The molecule has 0 radical (unpaired) electrons. The third kappa shape index (κ3) is 3.57. The summed E-state index contributed by atoms with van der Waals surface area (Å²) in [7, 11) is 0. The van der Waals surface area contributed by atoms with Crippen LogP contribution in [0.4, 0.5) is 11.4 Å². The first kappa shape index (κ1) is 21.0. The molecule has 3 heterocycles. The van der Waals surface area contributed by atoms with E-state index in [1.165, 1.54) is 16.7 Å². The molecule has 0 saturated carbocycles. The smallest absolute Gasteiger partial charge is 0.257 e. The normalized spacial score (nSPS) is 23.2. The molecule has 2 unspecified atom stereocenters. The van der Waals surface area contributed by atoms with Crippen LogP contribution in [-0.2, 0) is 6.54 Å². The van der Waals surface area contributed by atoms with Crippen molar-refractivity contribution in [2.24, 2.45) is 5.41 Å². The van der Waals surface area contributed by atoms with Gasteiger partial charge in [0.25, 0.3) is 5.91 Å². The number of hydrogen-bond acceptors (Lipinski definition) is 4. The highest BCUT2D eigenvalue weighted by Crippen LogP contribution is 2.54. The number of likely N-dealkylation sites (tertiary alicyclic amines) is 1. The number of nitrogens with zero attached hydrogens (tertiary/aromatic N) is 2. The first-order chi connectivity index (χ1) is 16.6. The van der Waals surface area contributed by atoms with Crippen LogP contribution < -0.4 is 10.6 Å². The average Bonchev–Trinajstić information content (AvgIpc) is 3.33. The lowest BCUT2D eigenvalue weighted by Gasteiger charge is -2.58. The number of hydrogen-bond donors (Lipinski definition) is 2. The van der Waals surface area contributed by atoms with Crippen molar-refractivity contribution in [3.05, 3.63) is 107 Å². The summed E-state index contributed by atoms with van der Waals surface area (Å²) >= 11 is 0. The third-order valence-electron chi connectivity index (χ3n) is 7.65. The Morgan fingerprint density at radius 3 is 2.59 bits per heavy atom. The summed E-state index contributed by atoms with van der Waals surface area (Å²) in [5.74, 6) is 0.0648. The summed E-state index contributed by atoms with van der Waals surface area (Å²) in [6.07, 6.45) is 5.29. The molecule has 0 aliphatic carbocycles. The fraction of sp³-hybridized carbons (Fsp3) is 0.276. The number of aryl methyl sites for hydroxylation is 1. The second kappa shape index (κ2) is 8.33. The van der Waals surface area contributed by atoms with Gasteiger partial charge in [-0.1, -0.05) is 60.7 Å². The van der Waals surface area contributed by atoms with E-state index in [2.05, 4.69) is 83.1 Å². The second-order valence-corrected chi connectivity index (χ2v) is 9.73. The van der Waals surface area contributed by atoms with E-state index in [9.17, 15) is 4.79 Å². The maximum atomic E-state index is 13.2. The molecule has 3 aromatic rings. The van der Waals surface area contributed by atoms with Gasteiger partial charge in [-0.2, -0.15) is 0 Å². The van der Waals surface area contributed by atoms with Gasteiger partial charge in [0.2, 0.25) is 0 Å². The van der Waals surface area contributed by atoms with Gasteiger partial charge in [-0.25, -0.2) is 0 Å². The van der Waals surface area contributed by atoms with Gasteiger partial charge in [-0.05, 0) is 48.2 Å². The number of amides is 1. The minimum Gasteiger partial charge on any atom is -0.366 e. The van der Waals surface area contributed by atoms with E-state index in [4.69, 9.17) is 0 Å². The Morgan fingerprint density at radius 2 is 1.79 bits per heavy atom. The predicted octanol–water partition coefficient (Wildman–Crippen LogP) is 5.39. The van der Waals surface area contributed by atoms with Crippen LogP contribution in [0.1, 0.15) is 39.5 Å². The highest BCUT2D eigenvalue weighted by molar-refractivity contribution is 5.97. The van der Waals surface area contributed by atoms with E-state index in [-0.39, 0.29) is 11.3 Å². The van der Waals surface area contributed by atoms with Crippen LogP contribution in [0.3, 0.4) is 0 Å². The molecule has 1 fully saturated rings. The summed E-state index contributed by atoms with van der Waals surface area (Å²) in [6, 6.07) is 25.7. The molecular weight excluding hydrogens is 420 g/mol. The molecule has 5 heteroatoms. The summed E-state index contributed by atoms with van der Waals surface area (Å²) in [5, 5.41) is 6.54. The zero-order valence-corrected chi connectivity index (χ0v) is 19.5. The van der Waals surface area contributed by atoms with Crippen molar-refractivity contribution in [1.29, 1.82) is 0 Å². The Bertz CT molecular complexity index is 1250. The van der Waals surface area contributed by atoms with Crippen molar-refractivity contribution in [3.8, 4) is 0 Å². The Morgan fingerprint density at radius 1 is 1.00 bits per heavy atom. The predicted molar refractivity (Wildman–Crippen MR) is 137 cm³/mol. The lowest BCUT2D eigenvalue weighted by atomic mass is 9.65. The number of nitrogens with one attached hydrogen (secondary N) is 2. The Hall–Kier alpha value is -3.57. The van der Waals surface area contributed by atoms with Crippen LogP contribution >= 0.6 is 0 Å². The van der Waals surface area contributed by atoms with Crippen molar-refractivity contribution in [2.45, 2.75) is 25.9 Å². The lowest BCUT2D eigenvalue weighted by Crippen LogP contribution is -2.59. The van der Waals surface area contributed by atoms with Crippen molar-refractivity contribution >= 4 is 17.3 Å². The number of anilines is 2. The average molecular weight is 451 g/mol. The van der Waals surface area contributed by atoms with Crippen molar-refractivity contribution in [2.75, 3.05) is 30.4 Å². The summed E-state index contributed by atoms with van der Waals surface area (Å²) in [4.78, 5) is 17.7. The number of carbonyl (C=O) groups excluding carboxylic acids is 1. The highest BCUT2D eigenvalue weighted by atomic mass is 16.2. The highest BCUT2D eigenvalue weighted by Gasteiger charge is 2.52. The molecular formula is C29H30N4O. The van der Waals surface area contributed by atoms with Gasteiger partial charge in [-0.15, -0.1) is 0 Å². The standard InChI is InChI=1S/C29H30N4O/c1-21-7-5-6-10-24(21)18-33-19-29(27(33)22-8-3-2-4-9-22)13-15-32(16-14-29)28(34)23-11-12-25-26(17-23)31-20-30-25/h2-13,15,17,27,30-31H,14,16,18-20H2,1H3. The van der Waals surface area contributed by atoms with Gasteiger partial charge >= 0.3 is 0 Å². The molecule has 3 aliphatic heterocycles. The minimum atomic E-state index is 0.0598. The molecule has 3 aliphatic rings. The topological polar surface area (TPSA) is 47.6 Å². The maximum absolute atomic E-state index is 13.2. The fourth-order valence-corrected chi connectivity index (χ4v) is 5.77. The van der Waals surface area contributed by atoms with Gasteiger partial charge in [0, 0.05) is 42.9 Å². The first-order valence-electron chi connectivity index (χ1n) is 12.1. The van der Waals surface area contributed by atoms with Gasteiger partial charge in [0.05, 0.1) is 18.0 Å². The van der Waals surface area contributed by atoms with E-state index in [1.54, 1.807) is 0 Å². The maximum Gasteiger partial charge on any atom is 0.257 e. The summed E-state index contributed by atoms with van der Waals surface area (Å²) < 4.78 is 0.